The van der Waals surface area contributed by atoms with E-state index in [4.69, 9.17) is 4.74 Å². The Morgan fingerprint density at radius 2 is 2.10 bits per heavy atom. The average molecular weight is 410 g/mol. The second-order valence-electron chi connectivity index (χ2n) is 7.53. The number of likely N-dealkylation sites (tertiary alicyclic amines) is 1. The van der Waals surface area contributed by atoms with Crippen molar-refractivity contribution in [3.05, 3.63) is 48.8 Å². The van der Waals surface area contributed by atoms with E-state index in [1.807, 2.05) is 36.4 Å². The molecule has 1 aliphatic heterocycles. The molecule has 5 rings (SSSR count). The lowest BCUT2D eigenvalue weighted by molar-refractivity contribution is 0.00583. The molecule has 154 valence electrons. The third kappa shape index (κ3) is 3.11. The van der Waals surface area contributed by atoms with Crippen LogP contribution in [-0.2, 0) is 0 Å². The minimum atomic E-state index is -2.86. The number of anilines is 1. The molecule has 1 atom stereocenters. The predicted molar refractivity (Wildman–Crippen MR) is 110 cm³/mol. The summed E-state index contributed by atoms with van der Waals surface area (Å²) in [5.41, 5.74) is 3.42. The van der Waals surface area contributed by atoms with Crippen molar-refractivity contribution < 1.29 is 13.5 Å². The maximum absolute atomic E-state index is 14.2. The summed E-state index contributed by atoms with van der Waals surface area (Å²) in [6.45, 7) is -0.0900. The molecule has 4 aromatic rings. The van der Waals surface area contributed by atoms with Gasteiger partial charge in [-0.2, -0.15) is 4.98 Å². The lowest BCUT2D eigenvalue weighted by atomic mass is 10.0. The second kappa shape index (κ2) is 6.88. The van der Waals surface area contributed by atoms with Crippen molar-refractivity contribution in [1.29, 1.82) is 0 Å². The van der Waals surface area contributed by atoms with E-state index in [1.165, 1.54) is 7.11 Å². The van der Waals surface area contributed by atoms with Crippen LogP contribution < -0.4 is 10.1 Å². The van der Waals surface area contributed by atoms with Gasteiger partial charge in [0.25, 0.3) is 5.92 Å². The van der Waals surface area contributed by atoms with Crippen LogP contribution >= 0.6 is 0 Å². The van der Waals surface area contributed by atoms with E-state index in [-0.39, 0.29) is 19.0 Å². The Labute approximate surface area is 171 Å². The van der Waals surface area contributed by atoms with Crippen LogP contribution in [0.25, 0.3) is 27.5 Å². The molecule has 1 aliphatic rings. The molecule has 0 radical (unpaired) electrons. The fourth-order valence-corrected chi connectivity index (χ4v) is 3.96. The Bertz CT molecular complexity index is 1240. The van der Waals surface area contributed by atoms with Crippen LogP contribution in [0.15, 0.2) is 48.8 Å². The molecule has 0 spiro atoms. The summed E-state index contributed by atoms with van der Waals surface area (Å²) < 4.78 is 35.5. The zero-order valence-corrected chi connectivity index (χ0v) is 16.5. The van der Waals surface area contributed by atoms with Crippen molar-refractivity contribution in [3.63, 3.8) is 0 Å². The van der Waals surface area contributed by atoms with E-state index in [0.29, 0.717) is 11.4 Å². The van der Waals surface area contributed by atoms with Gasteiger partial charge >= 0.3 is 0 Å². The van der Waals surface area contributed by atoms with Crippen molar-refractivity contribution >= 4 is 22.4 Å². The number of alkyl halides is 2. The second-order valence-corrected chi connectivity index (χ2v) is 7.53. The number of likely N-dealkylation sites (N-methyl/N-ethyl adjacent to an activating group) is 1. The fraction of sp³-hybridized carbons (Fsp3) is 0.286. The van der Waals surface area contributed by atoms with E-state index in [0.717, 1.165) is 22.0 Å². The number of nitrogens with zero attached hydrogens (tertiary/aromatic N) is 5. The highest BCUT2D eigenvalue weighted by Gasteiger charge is 2.47. The lowest BCUT2D eigenvalue weighted by Crippen LogP contribution is -2.38. The summed E-state index contributed by atoms with van der Waals surface area (Å²) in [5, 5.41) is 8.19. The molecule has 0 aliphatic carbocycles. The van der Waals surface area contributed by atoms with Gasteiger partial charge in [0.15, 0.2) is 0 Å². The van der Waals surface area contributed by atoms with Crippen molar-refractivity contribution in [2.45, 2.75) is 12.0 Å². The van der Waals surface area contributed by atoms with Gasteiger partial charge in [0.2, 0.25) is 11.8 Å². The van der Waals surface area contributed by atoms with E-state index in [9.17, 15) is 8.78 Å². The molecule has 0 amide bonds. The Balaban J connectivity index is 1.56. The summed E-state index contributed by atoms with van der Waals surface area (Å²) in [6.07, 6.45) is 3.53. The molecule has 30 heavy (non-hydrogen) atoms. The van der Waals surface area contributed by atoms with Gasteiger partial charge in [0.05, 0.1) is 19.2 Å². The molecule has 3 aromatic heterocycles. The first-order valence-electron chi connectivity index (χ1n) is 9.56. The van der Waals surface area contributed by atoms with Gasteiger partial charge in [-0.3, -0.25) is 9.88 Å². The monoisotopic (exact) mass is 410 g/mol. The molecule has 9 heteroatoms. The summed E-state index contributed by atoms with van der Waals surface area (Å²) in [5.74, 6) is -2.45. The standard InChI is InChI=1S/C21H20F2N6O/c1-28-11-17(21(22,23)12-28)25-20-26-19(30-2)18-15(7-9-29(18)27-20)13-5-6-16-14(10-13)4-3-8-24-16/h3-10,17H,11-12H2,1-2H3,(H,25,27)/t17-/m1/s1. The number of ether oxygens (including phenoxy) is 1. The number of rotatable bonds is 4. The van der Waals surface area contributed by atoms with Crippen molar-refractivity contribution in [3.8, 4) is 17.0 Å². The average Bonchev–Trinajstić information content (AvgIpc) is 3.26. The number of nitrogens with one attached hydrogen (secondary N) is 1. The minimum absolute atomic E-state index is 0.101. The largest absolute Gasteiger partial charge is 0.479 e. The first kappa shape index (κ1) is 18.7. The smallest absolute Gasteiger partial charge is 0.281 e. The Morgan fingerprint density at radius 1 is 1.23 bits per heavy atom. The molecular formula is C21H20F2N6O. The minimum Gasteiger partial charge on any atom is -0.479 e. The van der Waals surface area contributed by atoms with Gasteiger partial charge < -0.3 is 10.1 Å². The maximum Gasteiger partial charge on any atom is 0.281 e. The highest BCUT2D eigenvalue weighted by atomic mass is 19.3. The van der Waals surface area contributed by atoms with Gasteiger partial charge in [0.1, 0.15) is 11.6 Å². The van der Waals surface area contributed by atoms with E-state index in [1.54, 1.807) is 28.9 Å². The van der Waals surface area contributed by atoms with Crippen LogP contribution in [0, 0.1) is 0 Å². The van der Waals surface area contributed by atoms with Gasteiger partial charge in [-0.1, -0.05) is 12.1 Å². The molecule has 1 fully saturated rings. The first-order valence-corrected chi connectivity index (χ1v) is 9.56. The number of halogens is 2. The molecule has 7 nitrogen and oxygen atoms in total. The number of hydrogen-bond acceptors (Lipinski definition) is 6. The van der Waals surface area contributed by atoms with Crippen LogP contribution in [0.5, 0.6) is 5.88 Å². The Morgan fingerprint density at radius 3 is 2.87 bits per heavy atom. The third-order valence-corrected chi connectivity index (χ3v) is 5.37. The predicted octanol–water partition coefficient (Wildman–Crippen LogP) is 3.31. The first-order chi connectivity index (χ1) is 14.4. The number of aromatic nitrogens is 4. The van der Waals surface area contributed by atoms with E-state index in [2.05, 4.69) is 20.4 Å². The number of benzene rings is 1. The van der Waals surface area contributed by atoms with Crippen LogP contribution in [0.3, 0.4) is 0 Å². The molecule has 1 aromatic carbocycles. The fourth-order valence-electron chi connectivity index (χ4n) is 3.96. The number of pyridine rings is 1. The Hall–Kier alpha value is -3.33. The third-order valence-electron chi connectivity index (χ3n) is 5.37. The molecule has 0 saturated carbocycles. The quantitative estimate of drug-likeness (QED) is 0.557. The van der Waals surface area contributed by atoms with Gasteiger partial charge in [-0.15, -0.1) is 5.10 Å². The summed E-state index contributed by atoms with van der Waals surface area (Å²) in [6, 6.07) is 10.7. The molecule has 1 N–H and O–H groups in total. The van der Waals surface area contributed by atoms with Crippen molar-refractivity contribution in [2.24, 2.45) is 0 Å². The normalized spacial score (nSPS) is 18.9. The molecule has 0 bridgehead atoms. The highest BCUT2D eigenvalue weighted by molar-refractivity contribution is 5.90. The van der Waals surface area contributed by atoms with Crippen molar-refractivity contribution in [2.75, 3.05) is 32.6 Å². The summed E-state index contributed by atoms with van der Waals surface area (Å²) in [7, 11) is 3.17. The zero-order valence-electron chi connectivity index (χ0n) is 16.5. The summed E-state index contributed by atoms with van der Waals surface area (Å²) >= 11 is 0. The number of methoxy groups -OCH3 is 1. The van der Waals surface area contributed by atoms with Crippen LogP contribution in [-0.4, -0.2) is 63.7 Å². The molecule has 0 unspecified atom stereocenters. The van der Waals surface area contributed by atoms with E-state index < -0.39 is 12.0 Å². The summed E-state index contributed by atoms with van der Waals surface area (Å²) in [4.78, 5) is 10.3. The lowest BCUT2D eigenvalue weighted by Gasteiger charge is -2.19. The maximum atomic E-state index is 14.2. The van der Waals surface area contributed by atoms with E-state index >= 15 is 0 Å². The highest BCUT2D eigenvalue weighted by Crippen LogP contribution is 2.34. The van der Waals surface area contributed by atoms with Gasteiger partial charge in [0, 0.05) is 29.9 Å². The van der Waals surface area contributed by atoms with Gasteiger partial charge in [-0.25, -0.2) is 13.3 Å². The topological polar surface area (TPSA) is 67.6 Å². The van der Waals surface area contributed by atoms with Crippen LogP contribution in [0.4, 0.5) is 14.7 Å². The number of hydrogen-bond donors (Lipinski definition) is 1. The van der Waals surface area contributed by atoms with Crippen LogP contribution in [0.1, 0.15) is 0 Å². The van der Waals surface area contributed by atoms with Gasteiger partial charge in [-0.05, 0) is 36.9 Å². The SMILES string of the molecule is COc1nc(N[C@@H]2CN(C)CC2(F)F)nn2ccc(-c3ccc4ncccc4c3)c12. The van der Waals surface area contributed by atoms with Crippen molar-refractivity contribution in [1.82, 2.24) is 24.5 Å². The molecule has 4 heterocycles. The Kier molecular flexibility index (Phi) is 4.28. The zero-order chi connectivity index (χ0) is 20.9. The molecule has 1 saturated heterocycles. The van der Waals surface area contributed by atoms with Crippen LogP contribution in [0.2, 0.25) is 0 Å². The number of fused-ring (bicyclic) bond motifs is 2. The molecular weight excluding hydrogens is 390 g/mol.